The van der Waals surface area contributed by atoms with Crippen LogP contribution in [0, 0.1) is 12.8 Å². The highest BCUT2D eigenvalue weighted by molar-refractivity contribution is 7.17. The average molecular weight is 294 g/mol. The summed E-state index contributed by atoms with van der Waals surface area (Å²) >= 11 is 1.32. The van der Waals surface area contributed by atoms with Gasteiger partial charge in [0.1, 0.15) is 4.88 Å². The first-order valence-corrected chi connectivity index (χ1v) is 7.19. The second-order valence-electron chi connectivity index (χ2n) is 4.64. The SMILES string of the molecule is COC(=O)c1sc(NCC(C)Cn2cccn2)nc1C. The van der Waals surface area contributed by atoms with Gasteiger partial charge in [0.15, 0.2) is 5.13 Å². The third-order valence-electron chi connectivity index (χ3n) is 2.83. The summed E-state index contributed by atoms with van der Waals surface area (Å²) in [6.45, 7) is 5.55. The summed E-state index contributed by atoms with van der Waals surface area (Å²) in [5.41, 5.74) is 0.698. The summed E-state index contributed by atoms with van der Waals surface area (Å²) in [5, 5.41) is 8.18. The lowest BCUT2D eigenvalue weighted by molar-refractivity contribution is 0.0605. The summed E-state index contributed by atoms with van der Waals surface area (Å²) in [4.78, 5) is 16.4. The highest BCUT2D eigenvalue weighted by Crippen LogP contribution is 2.23. The Balaban J connectivity index is 1.89. The molecule has 0 amide bonds. The molecule has 2 aromatic heterocycles. The molecule has 108 valence electrons. The first-order valence-electron chi connectivity index (χ1n) is 6.37. The van der Waals surface area contributed by atoms with E-state index in [9.17, 15) is 4.79 Å². The Morgan fingerprint density at radius 2 is 2.40 bits per heavy atom. The summed E-state index contributed by atoms with van der Waals surface area (Å²) in [6.07, 6.45) is 3.71. The molecule has 20 heavy (non-hydrogen) atoms. The number of thiazole rings is 1. The first kappa shape index (κ1) is 14.5. The quantitative estimate of drug-likeness (QED) is 0.827. The molecule has 2 heterocycles. The Morgan fingerprint density at radius 1 is 1.60 bits per heavy atom. The van der Waals surface area contributed by atoms with Crippen LogP contribution < -0.4 is 5.32 Å². The zero-order chi connectivity index (χ0) is 14.5. The van der Waals surface area contributed by atoms with E-state index in [1.807, 2.05) is 16.9 Å². The fourth-order valence-corrected chi connectivity index (χ4v) is 2.70. The largest absolute Gasteiger partial charge is 0.465 e. The van der Waals surface area contributed by atoms with E-state index in [0.717, 1.165) is 18.2 Å². The molecule has 0 saturated heterocycles. The fraction of sp³-hybridized carbons (Fsp3) is 0.462. The number of nitrogens with one attached hydrogen (secondary N) is 1. The van der Waals surface area contributed by atoms with Crippen molar-refractivity contribution >= 4 is 22.4 Å². The van der Waals surface area contributed by atoms with Crippen molar-refractivity contribution in [3.05, 3.63) is 29.0 Å². The molecule has 6 nitrogen and oxygen atoms in total. The smallest absolute Gasteiger partial charge is 0.350 e. The number of methoxy groups -OCH3 is 1. The first-order chi connectivity index (χ1) is 9.60. The van der Waals surface area contributed by atoms with Crippen LogP contribution in [0.4, 0.5) is 5.13 Å². The average Bonchev–Trinajstić information content (AvgIpc) is 3.05. The van der Waals surface area contributed by atoms with Gasteiger partial charge in [-0.3, -0.25) is 4.68 Å². The number of esters is 1. The van der Waals surface area contributed by atoms with Gasteiger partial charge >= 0.3 is 5.97 Å². The molecule has 0 fully saturated rings. The lowest BCUT2D eigenvalue weighted by Gasteiger charge is -2.11. The van der Waals surface area contributed by atoms with E-state index in [-0.39, 0.29) is 5.97 Å². The van der Waals surface area contributed by atoms with E-state index >= 15 is 0 Å². The molecule has 0 bridgehead atoms. The highest BCUT2D eigenvalue weighted by atomic mass is 32.1. The van der Waals surface area contributed by atoms with E-state index in [0.29, 0.717) is 16.5 Å². The van der Waals surface area contributed by atoms with Gasteiger partial charge in [-0.15, -0.1) is 0 Å². The molecular weight excluding hydrogens is 276 g/mol. The van der Waals surface area contributed by atoms with E-state index in [1.165, 1.54) is 18.4 Å². The lowest BCUT2D eigenvalue weighted by Crippen LogP contribution is -2.17. The lowest BCUT2D eigenvalue weighted by atomic mass is 10.2. The van der Waals surface area contributed by atoms with Gasteiger partial charge in [-0.1, -0.05) is 18.3 Å². The van der Waals surface area contributed by atoms with Crippen LogP contribution in [0.1, 0.15) is 22.3 Å². The molecule has 2 aromatic rings. The van der Waals surface area contributed by atoms with Gasteiger partial charge in [0, 0.05) is 25.5 Å². The molecule has 0 spiro atoms. The van der Waals surface area contributed by atoms with Crippen molar-refractivity contribution in [2.45, 2.75) is 20.4 Å². The maximum Gasteiger partial charge on any atom is 0.350 e. The van der Waals surface area contributed by atoms with Gasteiger partial charge in [-0.25, -0.2) is 9.78 Å². The molecule has 0 aliphatic rings. The zero-order valence-electron chi connectivity index (χ0n) is 11.8. The maximum absolute atomic E-state index is 11.5. The van der Waals surface area contributed by atoms with Crippen molar-refractivity contribution < 1.29 is 9.53 Å². The molecule has 0 aromatic carbocycles. The normalized spacial score (nSPS) is 12.2. The van der Waals surface area contributed by atoms with Gasteiger partial charge in [0.05, 0.1) is 12.8 Å². The Morgan fingerprint density at radius 3 is 3.05 bits per heavy atom. The van der Waals surface area contributed by atoms with Crippen LogP contribution in [0.2, 0.25) is 0 Å². The number of carbonyl (C=O) groups excluding carboxylic acids is 1. The number of aromatic nitrogens is 3. The molecule has 1 unspecified atom stereocenters. The molecule has 7 heteroatoms. The number of rotatable bonds is 6. The molecule has 1 N–H and O–H groups in total. The second kappa shape index (κ2) is 6.51. The monoisotopic (exact) mass is 294 g/mol. The van der Waals surface area contributed by atoms with Crippen LogP contribution in [0.3, 0.4) is 0 Å². The van der Waals surface area contributed by atoms with E-state index in [4.69, 9.17) is 4.74 Å². The van der Waals surface area contributed by atoms with Crippen molar-refractivity contribution in [2.75, 3.05) is 19.0 Å². The van der Waals surface area contributed by atoms with Crippen LogP contribution in [0.25, 0.3) is 0 Å². The molecular formula is C13H18N4O2S. The predicted molar refractivity (Wildman–Crippen MR) is 78.1 cm³/mol. The number of aryl methyl sites for hydroxylation is 1. The number of ether oxygens (including phenoxy) is 1. The second-order valence-corrected chi connectivity index (χ2v) is 5.64. The van der Waals surface area contributed by atoms with Crippen molar-refractivity contribution in [3.8, 4) is 0 Å². The summed E-state index contributed by atoms with van der Waals surface area (Å²) < 4.78 is 6.62. The molecule has 0 saturated carbocycles. The number of hydrogen-bond donors (Lipinski definition) is 1. The van der Waals surface area contributed by atoms with Crippen LogP contribution in [0.5, 0.6) is 0 Å². The molecule has 0 aliphatic heterocycles. The highest BCUT2D eigenvalue weighted by Gasteiger charge is 2.15. The number of anilines is 1. The Kier molecular flexibility index (Phi) is 4.73. The third kappa shape index (κ3) is 3.57. The number of carbonyl (C=O) groups is 1. The standard InChI is InChI=1S/C13H18N4O2S/c1-9(8-17-6-4-5-15-17)7-14-13-16-10(2)11(20-13)12(18)19-3/h4-6,9H,7-8H2,1-3H3,(H,14,16). The van der Waals surface area contributed by atoms with Crippen LogP contribution in [-0.4, -0.2) is 34.4 Å². The van der Waals surface area contributed by atoms with Gasteiger partial charge < -0.3 is 10.1 Å². The Bertz CT molecular complexity index is 565. The predicted octanol–water partition coefficient (Wildman–Crippen LogP) is 2.18. The van der Waals surface area contributed by atoms with Crippen LogP contribution in [0.15, 0.2) is 18.5 Å². The van der Waals surface area contributed by atoms with Gasteiger partial charge in [0.25, 0.3) is 0 Å². The minimum atomic E-state index is -0.336. The van der Waals surface area contributed by atoms with Crippen molar-refractivity contribution in [3.63, 3.8) is 0 Å². The molecule has 0 aliphatic carbocycles. The summed E-state index contributed by atoms with van der Waals surface area (Å²) in [5.74, 6) is 0.0679. The fourth-order valence-electron chi connectivity index (χ4n) is 1.81. The molecule has 2 rings (SSSR count). The third-order valence-corrected chi connectivity index (χ3v) is 3.92. The van der Waals surface area contributed by atoms with E-state index in [1.54, 1.807) is 13.1 Å². The van der Waals surface area contributed by atoms with E-state index in [2.05, 4.69) is 22.3 Å². The van der Waals surface area contributed by atoms with Crippen LogP contribution in [-0.2, 0) is 11.3 Å². The van der Waals surface area contributed by atoms with Gasteiger partial charge in [0.2, 0.25) is 0 Å². The van der Waals surface area contributed by atoms with Gasteiger partial charge in [-0.05, 0) is 18.9 Å². The van der Waals surface area contributed by atoms with Crippen LogP contribution >= 0.6 is 11.3 Å². The van der Waals surface area contributed by atoms with Crippen molar-refractivity contribution in [2.24, 2.45) is 5.92 Å². The Labute approximate surface area is 121 Å². The Hall–Kier alpha value is -1.89. The minimum absolute atomic E-state index is 0.336. The van der Waals surface area contributed by atoms with E-state index < -0.39 is 0 Å². The molecule has 1 atom stereocenters. The maximum atomic E-state index is 11.5. The topological polar surface area (TPSA) is 69.0 Å². The minimum Gasteiger partial charge on any atom is -0.465 e. The summed E-state index contributed by atoms with van der Waals surface area (Å²) in [6, 6.07) is 1.91. The van der Waals surface area contributed by atoms with Gasteiger partial charge in [-0.2, -0.15) is 5.10 Å². The summed E-state index contributed by atoms with van der Waals surface area (Å²) in [7, 11) is 1.38. The molecule has 0 radical (unpaired) electrons. The van der Waals surface area contributed by atoms with Crippen molar-refractivity contribution in [1.82, 2.24) is 14.8 Å². The number of hydrogen-bond acceptors (Lipinski definition) is 6. The zero-order valence-corrected chi connectivity index (χ0v) is 12.6. The number of nitrogens with zero attached hydrogens (tertiary/aromatic N) is 3. The van der Waals surface area contributed by atoms with Crippen molar-refractivity contribution in [1.29, 1.82) is 0 Å².